The van der Waals surface area contributed by atoms with Gasteiger partial charge in [0.25, 0.3) is 0 Å². The van der Waals surface area contributed by atoms with Crippen LogP contribution in [0.5, 0.6) is 0 Å². The van der Waals surface area contributed by atoms with Crippen LogP contribution in [0.25, 0.3) is 10.1 Å². The van der Waals surface area contributed by atoms with E-state index >= 15 is 0 Å². The van der Waals surface area contributed by atoms with Gasteiger partial charge in [-0.15, -0.1) is 35.7 Å². The van der Waals surface area contributed by atoms with Gasteiger partial charge < -0.3 is 0 Å². The Morgan fingerprint density at radius 1 is 1.50 bits per heavy atom. The van der Waals surface area contributed by atoms with E-state index in [0.717, 1.165) is 10.2 Å². The second kappa shape index (κ2) is 4.47. The monoisotopic (exact) mass is 304 g/mol. The lowest BCUT2D eigenvalue weighted by atomic mass is 10.2. The van der Waals surface area contributed by atoms with Crippen LogP contribution in [0, 0.1) is 0 Å². The highest BCUT2D eigenvalue weighted by molar-refractivity contribution is 9.08. The maximum absolute atomic E-state index is 4.47. The molecule has 4 heteroatoms. The van der Waals surface area contributed by atoms with Crippen molar-refractivity contribution in [2.45, 2.75) is 15.1 Å². The molecular weight excluding hydrogens is 296 g/mol. The molecule has 1 aromatic carbocycles. The minimum absolute atomic E-state index is 0.914. The van der Waals surface area contributed by atoms with Gasteiger partial charge in [0.05, 0.1) is 0 Å². The SMILES string of the molecule is CSc1ccc(S)c2scc(CBr)c12. The van der Waals surface area contributed by atoms with Gasteiger partial charge in [-0.05, 0) is 29.3 Å². The fourth-order valence-electron chi connectivity index (χ4n) is 1.43. The number of hydrogen-bond acceptors (Lipinski definition) is 3. The van der Waals surface area contributed by atoms with Crippen LogP contribution in [-0.4, -0.2) is 6.26 Å². The molecule has 0 nitrogen and oxygen atoms in total. The largest absolute Gasteiger partial charge is 0.142 e. The first-order valence-electron chi connectivity index (χ1n) is 4.10. The normalized spacial score (nSPS) is 11.1. The average molecular weight is 305 g/mol. The van der Waals surface area contributed by atoms with Crippen molar-refractivity contribution < 1.29 is 0 Å². The predicted octanol–water partition coefficient (Wildman–Crippen LogP) is 4.81. The van der Waals surface area contributed by atoms with Crippen molar-refractivity contribution in [3.05, 3.63) is 23.1 Å². The van der Waals surface area contributed by atoms with Crippen molar-refractivity contribution in [3.63, 3.8) is 0 Å². The van der Waals surface area contributed by atoms with E-state index in [0.29, 0.717) is 0 Å². The zero-order valence-electron chi connectivity index (χ0n) is 7.58. The number of alkyl halides is 1. The summed E-state index contributed by atoms with van der Waals surface area (Å²) in [6.07, 6.45) is 2.11. The quantitative estimate of drug-likeness (QED) is 0.472. The van der Waals surface area contributed by atoms with Crippen LogP contribution >= 0.6 is 51.7 Å². The van der Waals surface area contributed by atoms with Crippen LogP contribution in [0.1, 0.15) is 5.56 Å². The number of benzene rings is 1. The summed E-state index contributed by atoms with van der Waals surface area (Å²) in [6.45, 7) is 0. The van der Waals surface area contributed by atoms with Crippen molar-refractivity contribution >= 4 is 61.7 Å². The third-order valence-corrected chi connectivity index (χ3v) is 5.07. The van der Waals surface area contributed by atoms with Crippen molar-refractivity contribution in [1.82, 2.24) is 0 Å². The number of fused-ring (bicyclic) bond motifs is 1. The Hall–Kier alpha value is 0.360. The molecule has 74 valence electrons. The van der Waals surface area contributed by atoms with Crippen molar-refractivity contribution in [1.29, 1.82) is 0 Å². The summed E-state index contributed by atoms with van der Waals surface area (Å²) in [5.41, 5.74) is 1.37. The number of rotatable bonds is 2. The molecule has 0 aliphatic carbocycles. The van der Waals surface area contributed by atoms with Gasteiger partial charge in [0.2, 0.25) is 0 Å². The highest BCUT2D eigenvalue weighted by Crippen LogP contribution is 2.38. The molecule has 0 spiro atoms. The van der Waals surface area contributed by atoms with E-state index in [4.69, 9.17) is 0 Å². The molecule has 0 fully saturated rings. The standard InChI is InChI=1S/C10H9BrS3/c1-13-8-3-2-7(12)10-9(8)6(4-11)5-14-10/h2-3,5,12H,4H2,1H3. The number of halogens is 1. The van der Waals surface area contributed by atoms with Crippen molar-refractivity contribution in [2.24, 2.45) is 0 Å². The molecule has 0 saturated heterocycles. The van der Waals surface area contributed by atoms with Crippen LogP contribution in [0.3, 0.4) is 0 Å². The minimum Gasteiger partial charge on any atom is -0.142 e. The average Bonchev–Trinajstić information content (AvgIpc) is 2.63. The highest BCUT2D eigenvalue weighted by atomic mass is 79.9. The molecule has 0 aliphatic heterocycles. The highest BCUT2D eigenvalue weighted by Gasteiger charge is 2.09. The maximum Gasteiger partial charge on any atom is 0.0490 e. The topological polar surface area (TPSA) is 0 Å². The Morgan fingerprint density at radius 3 is 2.93 bits per heavy atom. The smallest absolute Gasteiger partial charge is 0.0490 e. The fraction of sp³-hybridized carbons (Fsp3) is 0.200. The second-order valence-corrected chi connectivity index (χ2v) is 5.66. The summed E-state index contributed by atoms with van der Waals surface area (Å²) in [6, 6.07) is 4.22. The van der Waals surface area contributed by atoms with E-state index in [2.05, 4.69) is 52.3 Å². The van der Waals surface area contributed by atoms with Crippen LogP contribution in [0.2, 0.25) is 0 Å². The number of thiophene rings is 1. The first kappa shape index (κ1) is 10.9. The van der Waals surface area contributed by atoms with E-state index in [1.165, 1.54) is 20.5 Å². The first-order chi connectivity index (χ1) is 6.77. The van der Waals surface area contributed by atoms with Crippen molar-refractivity contribution in [3.8, 4) is 0 Å². The Bertz CT molecular complexity index is 462. The van der Waals surface area contributed by atoms with Gasteiger partial charge in [-0.2, -0.15) is 0 Å². The molecule has 0 saturated carbocycles. The molecule has 0 aliphatic rings. The molecule has 0 unspecified atom stereocenters. The Kier molecular flexibility index (Phi) is 3.47. The fourth-order valence-corrected chi connectivity index (χ4v) is 4.15. The van der Waals surface area contributed by atoms with E-state index in [1.54, 1.807) is 23.1 Å². The molecule has 0 amide bonds. The summed E-state index contributed by atoms with van der Waals surface area (Å²) >= 11 is 11.6. The lowest BCUT2D eigenvalue weighted by Gasteiger charge is -2.03. The van der Waals surface area contributed by atoms with Gasteiger partial charge in [-0.1, -0.05) is 15.9 Å². The van der Waals surface area contributed by atoms with Crippen molar-refractivity contribution in [2.75, 3.05) is 6.26 Å². The third-order valence-electron chi connectivity index (χ3n) is 2.10. The van der Waals surface area contributed by atoms with E-state index < -0.39 is 0 Å². The Balaban J connectivity index is 2.82. The lowest BCUT2D eigenvalue weighted by Crippen LogP contribution is -1.78. The zero-order chi connectivity index (χ0) is 10.1. The molecule has 2 rings (SSSR count). The van der Waals surface area contributed by atoms with E-state index in [-0.39, 0.29) is 0 Å². The molecule has 1 heterocycles. The summed E-state index contributed by atoms with van der Waals surface area (Å²) in [5, 5.41) is 4.49. The number of hydrogen-bond donors (Lipinski definition) is 1. The molecule has 0 bridgehead atoms. The van der Waals surface area contributed by atoms with Crippen LogP contribution < -0.4 is 0 Å². The molecule has 1 aromatic heterocycles. The molecule has 0 atom stereocenters. The van der Waals surface area contributed by atoms with Gasteiger partial charge in [0, 0.05) is 25.2 Å². The molecule has 14 heavy (non-hydrogen) atoms. The lowest BCUT2D eigenvalue weighted by molar-refractivity contribution is 1.43. The molecular formula is C10H9BrS3. The molecule has 2 aromatic rings. The Labute approximate surface area is 106 Å². The second-order valence-electron chi connectivity index (χ2n) is 2.89. The third kappa shape index (κ3) is 1.73. The van der Waals surface area contributed by atoms with Crippen LogP contribution in [0.15, 0.2) is 27.3 Å². The maximum atomic E-state index is 4.47. The summed E-state index contributed by atoms with van der Waals surface area (Å²) in [4.78, 5) is 2.42. The predicted molar refractivity (Wildman–Crippen MR) is 73.5 cm³/mol. The van der Waals surface area contributed by atoms with E-state index in [1.807, 2.05) is 0 Å². The summed E-state index contributed by atoms with van der Waals surface area (Å²) < 4.78 is 1.30. The summed E-state index contributed by atoms with van der Waals surface area (Å²) in [7, 11) is 0. The van der Waals surface area contributed by atoms with Gasteiger partial charge in [-0.25, -0.2) is 0 Å². The zero-order valence-corrected chi connectivity index (χ0v) is 11.7. The number of thioether (sulfide) groups is 1. The molecule has 0 radical (unpaired) electrons. The van der Waals surface area contributed by atoms with E-state index in [9.17, 15) is 0 Å². The van der Waals surface area contributed by atoms with Crippen LogP contribution in [-0.2, 0) is 5.33 Å². The van der Waals surface area contributed by atoms with Gasteiger partial charge in [0.1, 0.15) is 0 Å². The minimum atomic E-state index is 0.914. The van der Waals surface area contributed by atoms with Crippen LogP contribution in [0.4, 0.5) is 0 Å². The van der Waals surface area contributed by atoms with Gasteiger partial charge in [-0.3, -0.25) is 0 Å². The summed E-state index contributed by atoms with van der Waals surface area (Å²) in [5.74, 6) is 0. The Morgan fingerprint density at radius 2 is 2.29 bits per heavy atom. The first-order valence-corrected chi connectivity index (χ1v) is 7.77. The van der Waals surface area contributed by atoms with Gasteiger partial charge in [0.15, 0.2) is 0 Å². The molecule has 0 N–H and O–H groups in total. The number of thiol groups is 1. The van der Waals surface area contributed by atoms with Gasteiger partial charge >= 0.3 is 0 Å².